The van der Waals surface area contributed by atoms with Gasteiger partial charge in [-0.25, -0.2) is 26.4 Å². The average Bonchev–Trinajstić information content (AvgIpc) is 2.29. The van der Waals surface area contributed by atoms with E-state index in [1.807, 2.05) is 0 Å². The number of sulfonamides is 1. The molecule has 0 bridgehead atoms. The SMILES string of the molecule is CS(=O)(=O)CCNC(=O)c1cc(S(N)(=O)=O)cc(F)c1Cl. The van der Waals surface area contributed by atoms with E-state index in [1.165, 1.54) is 0 Å². The molecule has 0 saturated carbocycles. The van der Waals surface area contributed by atoms with Crippen LogP contribution >= 0.6 is 11.6 Å². The van der Waals surface area contributed by atoms with Crippen molar-refractivity contribution in [3.05, 3.63) is 28.5 Å². The molecule has 0 fully saturated rings. The molecule has 0 aliphatic carbocycles. The number of sulfone groups is 1. The summed E-state index contributed by atoms with van der Waals surface area (Å²) in [5.41, 5.74) is -0.450. The second-order valence-electron chi connectivity index (χ2n) is 4.20. The van der Waals surface area contributed by atoms with Gasteiger partial charge in [0.25, 0.3) is 5.91 Å². The minimum atomic E-state index is -4.22. The van der Waals surface area contributed by atoms with Crippen molar-refractivity contribution in [2.75, 3.05) is 18.6 Å². The van der Waals surface area contributed by atoms with E-state index in [0.29, 0.717) is 6.07 Å². The van der Waals surface area contributed by atoms with Crippen LogP contribution in [0.15, 0.2) is 17.0 Å². The van der Waals surface area contributed by atoms with Crippen molar-refractivity contribution >= 4 is 37.4 Å². The lowest BCUT2D eigenvalue weighted by atomic mass is 10.2. The molecule has 1 aromatic carbocycles. The fourth-order valence-electron chi connectivity index (χ4n) is 1.34. The van der Waals surface area contributed by atoms with Crippen molar-refractivity contribution < 1.29 is 26.0 Å². The third kappa shape index (κ3) is 5.23. The Kier molecular flexibility index (Phi) is 5.31. The summed E-state index contributed by atoms with van der Waals surface area (Å²) in [5.74, 6) is -2.36. The van der Waals surface area contributed by atoms with Gasteiger partial charge in [-0.3, -0.25) is 4.79 Å². The van der Waals surface area contributed by atoms with Gasteiger partial charge in [-0.1, -0.05) is 11.6 Å². The van der Waals surface area contributed by atoms with Crippen LogP contribution in [-0.2, 0) is 19.9 Å². The van der Waals surface area contributed by atoms with Crippen LogP contribution in [0.1, 0.15) is 10.4 Å². The summed E-state index contributed by atoms with van der Waals surface area (Å²) in [7, 11) is -7.51. The van der Waals surface area contributed by atoms with Gasteiger partial charge < -0.3 is 5.32 Å². The molecule has 11 heteroatoms. The van der Waals surface area contributed by atoms with Crippen molar-refractivity contribution in [3.8, 4) is 0 Å². The van der Waals surface area contributed by atoms with Crippen LogP contribution in [-0.4, -0.2) is 41.3 Å². The number of amides is 1. The topological polar surface area (TPSA) is 123 Å². The molecule has 21 heavy (non-hydrogen) atoms. The Bertz CT molecular complexity index is 777. The molecule has 118 valence electrons. The molecule has 0 atom stereocenters. The molecule has 1 amide bonds. The average molecular weight is 359 g/mol. The Labute approximate surface area is 126 Å². The normalized spacial score (nSPS) is 12.2. The number of hydrogen-bond acceptors (Lipinski definition) is 5. The molecular formula is C10H12ClFN2O5S2. The molecule has 1 rings (SSSR count). The number of benzene rings is 1. The molecule has 0 unspecified atom stereocenters. The number of primary sulfonamides is 1. The van der Waals surface area contributed by atoms with Crippen molar-refractivity contribution in [3.63, 3.8) is 0 Å². The second-order valence-corrected chi connectivity index (χ2v) is 8.40. The second kappa shape index (κ2) is 6.26. The lowest BCUT2D eigenvalue weighted by Crippen LogP contribution is -2.29. The Hall–Kier alpha value is -1.23. The number of nitrogens with two attached hydrogens (primary N) is 1. The van der Waals surface area contributed by atoms with Crippen molar-refractivity contribution in [2.24, 2.45) is 5.14 Å². The largest absolute Gasteiger partial charge is 0.351 e. The predicted molar refractivity (Wildman–Crippen MR) is 74.8 cm³/mol. The highest BCUT2D eigenvalue weighted by Crippen LogP contribution is 2.23. The van der Waals surface area contributed by atoms with E-state index in [9.17, 15) is 26.0 Å². The number of halogens is 2. The number of carbonyl (C=O) groups is 1. The van der Waals surface area contributed by atoms with Crippen LogP contribution < -0.4 is 10.5 Å². The van der Waals surface area contributed by atoms with Crippen molar-refractivity contribution in [1.82, 2.24) is 5.32 Å². The van der Waals surface area contributed by atoms with Crippen LogP contribution in [0.5, 0.6) is 0 Å². The molecule has 0 aliphatic rings. The first-order valence-corrected chi connectivity index (χ1v) is 9.38. The lowest BCUT2D eigenvalue weighted by molar-refractivity contribution is 0.0955. The molecular weight excluding hydrogens is 347 g/mol. The van der Waals surface area contributed by atoms with E-state index in [2.05, 4.69) is 5.32 Å². The molecule has 0 aliphatic heterocycles. The highest BCUT2D eigenvalue weighted by atomic mass is 35.5. The van der Waals surface area contributed by atoms with Crippen LogP contribution in [0.3, 0.4) is 0 Å². The number of hydrogen-bond donors (Lipinski definition) is 2. The smallest absolute Gasteiger partial charge is 0.252 e. The summed E-state index contributed by atoms with van der Waals surface area (Å²) in [6, 6.07) is 1.40. The number of carbonyl (C=O) groups excluding carboxylic acids is 1. The quantitative estimate of drug-likeness (QED) is 0.760. The molecule has 0 spiro atoms. The number of rotatable bonds is 5. The molecule has 0 heterocycles. The van der Waals surface area contributed by atoms with E-state index in [0.717, 1.165) is 12.3 Å². The first kappa shape index (κ1) is 17.8. The molecule has 3 N–H and O–H groups in total. The predicted octanol–water partition coefficient (Wildman–Crippen LogP) is -0.0991. The third-order valence-electron chi connectivity index (χ3n) is 2.33. The van der Waals surface area contributed by atoms with Gasteiger partial charge in [0.2, 0.25) is 10.0 Å². The van der Waals surface area contributed by atoms with Gasteiger partial charge in [-0.15, -0.1) is 0 Å². The van der Waals surface area contributed by atoms with Gasteiger partial charge in [-0.2, -0.15) is 0 Å². The standard InChI is InChI=1S/C10H12ClFN2O5S2/c1-20(16,17)3-2-14-10(15)7-4-6(21(13,18)19)5-8(12)9(7)11/h4-5H,2-3H2,1H3,(H,14,15)(H2,13,18,19). The van der Waals surface area contributed by atoms with Crippen molar-refractivity contribution in [1.29, 1.82) is 0 Å². The zero-order chi connectivity index (χ0) is 16.4. The highest BCUT2D eigenvalue weighted by molar-refractivity contribution is 7.90. The monoisotopic (exact) mass is 358 g/mol. The van der Waals surface area contributed by atoms with Gasteiger partial charge in [0, 0.05) is 12.8 Å². The van der Waals surface area contributed by atoms with E-state index >= 15 is 0 Å². The molecule has 1 aromatic rings. The van der Waals surface area contributed by atoms with Crippen LogP contribution in [0.4, 0.5) is 4.39 Å². The van der Waals surface area contributed by atoms with E-state index in [4.69, 9.17) is 16.7 Å². The zero-order valence-corrected chi connectivity index (χ0v) is 13.1. The van der Waals surface area contributed by atoms with Crippen LogP contribution in [0, 0.1) is 5.82 Å². The minimum absolute atomic E-state index is 0.227. The van der Waals surface area contributed by atoms with Gasteiger partial charge in [0.15, 0.2) is 0 Å². The van der Waals surface area contributed by atoms with Crippen LogP contribution in [0.2, 0.25) is 5.02 Å². The van der Waals surface area contributed by atoms with E-state index < -0.39 is 47.1 Å². The van der Waals surface area contributed by atoms with E-state index in [-0.39, 0.29) is 12.3 Å². The van der Waals surface area contributed by atoms with Crippen molar-refractivity contribution in [2.45, 2.75) is 4.90 Å². The van der Waals surface area contributed by atoms with Gasteiger partial charge in [-0.05, 0) is 12.1 Å². The summed E-state index contributed by atoms with van der Waals surface area (Å²) in [4.78, 5) is 11.2. The maximum absolute atomic E-state index is 13.5. The fraction of sp³-hybridized carbons (Fsp3) is 0.300. The van der Waals surface area contributed by atoms with Gasteiger partial charge >= 0.3 is 0 Å². The molecule has 0 aromatic heterocycles. The maximum Gasteiger partial charge on any atom is 0.252 e. The Morgan fingerprint density at radius 1 is 1.33 bits per heavy atom. The Balaban J connectivity index is 3.07. The highest BCUT2D eigenvalue weighted by Gasteiger charge is 2.20. The molecule has 7 nitrogen and oxygen atoms in total. The maximum atomic E-state index is 13.5. The van der Waals surface area contributed by atoms with Gasteiger partial charge in [0.1, 0.15) is 15.7 Å². The zero-order valence-electron chi connectivity index (χ0n) is 10.8. The first-order valence-electron chi connectivity index (χ1n) is 5.39. The summed E-state index contributed by atoms with van der Waals surface area (Å²) < 4.78 is 57.7. The van der Waals surface area contributed by atoms with E-state index in [1.54, 1.807) is 0 Å². The summed E-state index contributed by atoms with van der Waals surface area (Å²) in [6.07, 6.45) is 0.980. The first-order chi connectivity index (χ1) is 9.42. The fourth-order valence-corrected chi connectivity index (χ4v) is 2.56. The minimum Gasteiger partial charge on any atom is -0.351 e. The summed E-state index contributed by atoms with van der Waals surface area (Å²) in [5, 5.41) is 6.47. The summed E-state index contributed by atoms with van der Waals surface area (Å²) in [6.45, 7) is -0.227. The Morgan fingerprint density at radius 3 is 2.38 bits per heavy atom. The summed E-state index contributed by atoms with van der Waals surface area (Å²) >= 11 is 5.59. The molecule has 0 radical (unpaired) electrons. The van der Waals surface area contributed by atoms with Crippen LogP contribution in [0.25, 0.3) is 0 Å². The van der Waals surface area contributed by atoms with Gasteiger partial charge in [0.05, 0.1) is 21.2 Å². The third-order valence-corrected chi connectivity index (χ3v) is 4.56. The lowest BCUT2D eigenvalue weighted by Gasteiger charge is -2.08. The Morgan fingerprint density at radius 2 is 1.90 bits per heavy atom. The number of nitrogens with one attached hydrogen (secondary N) is 1. The molecule has 0 saturated heterocycles.